The maximum Gasteiger partial charge on any atom is 0.344 e. The number of benzene rings is 2. The molecule has 9 heteroatoms. The lowest BCUT2D eigenvalue weighted by Crippen LogP contribution is -2.54. The van der Waals surface area contributed by atoms with Gasteiger partial charge in [-0.3, -0.25) is 19.8 Å². The lowest BCUT2D eigenvalue weighted by Gasteiger charge is -2.29. The summed E-state index contributed by atoms with van der Waals surface area (Å²) in [5.41, 5.74) is 0.883. The molecule has 0 unspecified atom stereocenters. The van der Waals surface area contributed by atoms with Crippen molar-refractivity contribution in [2.24, 2.45) is 0 Å². The molecule has 0 bridgehead atoms. The lowest BCUT2D eigenvalue weighted by atomic mass is 10.1. The van der Waals surface area contributed by atoms with Crippen LogP contribution in [-0.4, -0.2) is 34.1 Å². The summed E-state index contributed by atoms with van der Waals surface area (Å²) < 4.78 is 5.26. The van der Waals surface area contributed by atoms with Gasteiger partial charge in [-0.05, 0) is 61.1 Å². The minimum absolute atomic E-state index is 0.0363. The van der Waals surface area contributed by atoms with E-state index in [1.54, 1.807) is 48.5 Å². The summed E-state index contributed by atoms with van der Waals surface area (Å²) >= 11 is 11.1. The van der Waals surface area contributed by atoms with Crippen molar-refractivity contribution in [3.05, 3.63) is 64.7 Å². The van der Waals surface area contributed by atoms with E-state index < -0.39 is 23.9 Å². The van der Waals surface area contributed by atoms with E-state index in [-0.39, 0.29) is 10.7 Å². The number of rotatable bonds is 5. The fourth-order valence-corrected chi connectivity index (χ4v) is 3.04. The van der Waals surface area contributed by atoms with Crippen LogP contribution >= 0.6 is 23.8 Å². The molecule has 2 aromatic rings. The molecule has 0 spiro atoms. The molecule has 7 nitrogen and oxygen atoms in total. The number of hydrogen-bond donors (Lipinski definition) is 2. The third kappa shape index (κ3) is 4.61. The molecular weight excluding hydrogens is 416 g/mol. The Labute approximate surface area is 176 Å². The van der Waals surface area contributed by atoms with Crippen LogP contribution in [0.2, 0.25) is 5.02 Å². The number of amides is 2. The minimum atomic E-state index is -1.09. The molecule has 2 aromatic carbocycles. The number of carboxylic acids is 1. The number of nitrogens with zero attached hydrogens (tertiary/aromatic N) is 1. The molecular formula is C20H15ClN2O5S. The molecule has 0 radical (unpaired) electrons. The molecule has 2 N–H and O–H groups in total. The number of anilines is 1. The Morgan fingerprint density at radius 2 is 1.93 bits per heavy atom. The SMILES string of the molecule is C[C@@H](Oc1ccc(/C=C2\C(=O)NC(=S)N(c3cccc(Cl)c3)C2=O)cc1)C(=O)O. The summed E-state index contributed by atoms with van der Waals surface area (Å²) in [6.07, 6.45) is 0.415. The molecule has 0 aromatic heterocycles. The average molecular weight is 431 g/mol. The zero-order chi connectivity index (χ0) is 21.1. The van der Waals surface area contributed by atoms with E-state index in [0.717, 1.165) is 0 Å². The summed E-state index contributed by atoms with van der Waals surface area (Å²) in [5.74, 6) is -1.93. The van der Waals surface area contributed by atoms with E-state index in [0.29, 0.717) is 22.0 Å². The smallest absolute Gasteiger partial charge is 0.344 e. The monoisotopic (exact) mass is 430 g/mol. The Morgan fingerprint density at radius 3 is 2.55 bits per heavy atom. The van der Waals surface area contributed by atoms with Crippen LogP contribution in [0.25, 0.3) is 6.08 Å². The van der Waals surface area contributed by atoms with Crippen LogP contribution in [0.5, 0.6) is 5.75 Å². The molecule has 0 aliphatic carbocycles. The number of thiocarbonyl (C=S) groups is 1. The largest absolute Gasteiger partial charge is 0.479 e. The molecule has 1 aliphatic rings. The third-order valence-electron chi connectivity index (χ3n) is 4.02. The van der Waals surface area contributed by atoms with Crippen LogP contribution < -0.4 is 15.0 Å². The Morgan fingerprint density at radius 1 is 1.24 bits per heavy atom. The highest BCUT2D eigenvalue weighted by molar-refractivity contribution is 7.80. The molecule has 1 atom stereocenters. The molecule has 1 aliphatic heterocycles. The maximum atomic E-state index is 12.9. The van der Waals surface area contributed by atoms with Crippen molar-refractivity contribution < 1.29 is 24.2 Å². The van der Waals surface area contributed by atoms with Gasteiger partial charge in [0.15, 0.2) is 11.2 Å². The van der Waals surface area contributed by atoms with Gasteiger partial charge in [0.1, 0.15) is 11.3 Å². The zero-order valence-corrected chi connectivity index (χ0v) is 16.7. The van der Waals surface area contributed by atoms with E-state index in [1.165, 1.54) is 17.9 Å². The quantitative estimate of drug-likeness (QED) is 0.430. The number of carboxylic acid groups (broad SMARTS) is 1. The highest BCUT2D eigenvalue weighted by Gasteiger charge is 2.34. The van der Waals surface area contributed by atoms with E-state index in [4.69, 9.17) is 33.7 Å². The molecule has 0 saturated carbocycles. The number of carbonyl (C=O) groups excluding carboxylic acids is 2. The topological polar surface area (TPSA) is 95.9 Å². The van der Waals surface area contributed by atoms with Crippen LogP contribution in [-0.2, 0) is 14.4 Å². The third-order valence-corrected chi connectivity index (χ3v) is 4.54. The maximum absolute atomic E-state index is 12.9. The number of ether oxygens (including phenoxy) is 1. The van der Waals surface area contributed by atoms with Gasteiger partial charge in [-0.15, -0.1) is 0 Å². The number of halogens is 1. The second-order valence-corrected chi connectivity index (χ2v) is 6.93. The van der Waals surface area contributed by atoms with Crippen LogP contribution in [0.4, 0.5) is 5.69 Å². The molecule has 1 heterocycles. The van der Waals surface area contributed by atoms with Gasteiger partial charge < -0.3 is 9.84 Å². The van der Waals surface area contributed by atoms with Crippen LogP contribution in [0.3, 0.4) is 0 Å². The molecule has 148 valence electrons. The van der Waals surface area contributed by atoms with Gasteiger partial charge in [-0.1, -0.05) is 29.8 Å². The first-order valence-corrected chi connectivity index (χ1v) is 9.21. The molecule has 2 amide bonds. The summed E-state index contributed by atoms with van der Waals surface area (Å²) in [7, 11) is 0. The molecule has 1 fully saturated rings. The predicted molar refractivity (Wildman–Crippen MR) is 112 cm³/mol. The summed E-state index contributed by atoms with van der Waals surface area (Å²) in [5, 5.41) is 11.8. The van der Waals surface area contributed by atoms with Crippen molar-refractivity contribution in [2.75, 3.05) is 4.90 Å². The van der Waals surface area contributed by atoms with Crippen molar-refractivity contribution in [2.45, 2.75) is 13.0 Å². The average Bonchev–Trinajstić information content (AvgIpc) is 2.66. The van der Waals surface area contributed by atoms with E-state index in [2.05, 4.69) is 5.32 Å². The van der Waals surface area contributed by atoms with Crippen LogP contribution in [0.15, 0.2) is 54.1 Å². The van der Waals surface area contributed by atoms with Crippen molar-refractivity contribution >= 4 is 58.5 Å². The van der Waals surface area contributed by atoms with Crippen LogP contribution in [0.1, 0.15) is 12.5 Å². The van der Waals surface area contributed by atoms with Gasteiger partial charge in [0, 0.05) is 5.02 Å². The van der Waals surface area contributed by atoms with Gasteiger partial charge in [-0.25, -0.2) is 4.79 Å². The number of aliphatic carboxylic acids is 1. The van der Waals surface area contributed by atoms with Crippen molar-refractivity contribution in [1.29, 1.82) is 0 Å². The first kappa shape index (κ1) is 20.5. The normalized spacial score (nSPS) is 16.6. The van der Waals surface area contributed by atoms with E-state index in [9.17, 15) is 14.4 Å². The van der Waals surface area contributed by atoms with Gasteiger partial charge in [0.25, 0.3) is 11.8 Å². The van der Waals surface area contributed by atoms with Crippen molar-refractivity contribution in [3.63, 3.8) is 0 Å². The zero-order valence-electron chi connectivity index (χ0n) is 15.1. The van der Waals surface area contributed by atoms with Gasteiger partial charge >= 0.3 is 5.97 Å². The van der Waals surface area contributed by atoms with E-state index in [1.807, 2.05) is 0 Å². The van der Waals surface area contributed by atoms with Gasteiger partial charge in [0.05, 0.1) is 5.69 Å². The fourth-order valence-electron chi connectivity index (χ4n) is 2.57. The highest BCUT2D eigenvalue weighted by Crippen LogP contribution is 2.25. The van der Waals surface area contributed by atoms with Crippen LogP contribution in [0, 0.1) is 0 Å². The first-order valence-electron chi connectivity index (χ1n) is 8.43. The Kier molecular flexibility index (Phi) is 5.95. The van der Waals surface area contributed by atoms with Crippen molar-refractivity contribution in [1.82, 2.24) is 5.32 Å². The second-order valence-electron chi connectivity index (χ2n) is 6.11. The Balaban J connectivity index is 1.87. The Bertz CT molecular complexity index is 1040. The molecule has 29 heavy (non-hydrogen) atoms. The molecule has 3 rings (SSSR count). The summed E-state index contributed by atoms with van der Waals surface area (Å²) in [4.78, 5) is 37.3. The van der Waals surface area contributed by atoms with Crippen molar-refractivity contribution in [3.8, 4) is 5.75 Å². The van der Waals surface area contributed by atoms with E-state index >= 15 is 0 Å². The molecule has 1 saturated heterocycles. The Hall–Kier alpha value is -3.23. The highest BCUT2D eigenvalue weighted by atomic mass is 35.5. The number of carbonyl (C=O) groups is 3. The predicted octanol–water partition coefficient (Wildman–Crippen LogP) is 3.02. The fraction of sp³-hybridized carbons (Fsp3) is 0.100. The standard InChI is InChI=1S/C20H15ClN2O5S/c1-11(19(26)27)28-15-7-5-12(6-8-15)9-16-17(24)22-20(29)23(18(16)25)14-4-2-3-13(21)10-14/h2-11H,1H3,(H,26,27)(H,22,24,29)/b16-9+/t11-/m1/s1. The second kappa shape index (κ2) is 8.42. The summed E-state index contributed by atoms with van der Waals surface area (Å²) in [6.45, 7) is 1.41. The van der Waals surface area contributed by atoms with Gasteiger partial charge in [-0.2, -0.15) is 0 Å². The minimum Gasteiger partial charge on any atom is -0.479 e. The van der Waals surface area contributed by atoms with Gasteiger partial charge in [0.2, 0.25) is 0 Å². The number of hydrogen-bond acceptors (Lipinski definition) is 5. The summed E-state index contributed by atoms with van der Waals surface area (Å²) in [6, 6.07) is 12.9. The lowest BCUT2D eigenvalue weighted by molar-refractivity contribution is -0.144. The first-order chi connectivity index (χ1) is 13.8. The number of nitrogens with one attached hydrogen (secondary N) is 1.